The van der Waals surface area contributed by atoms with Gasteiger partial charge in [0.2, 0.25) is 0 Å². The number of carbonyl (C=O) groups is 1. The van der Waals surface area contributed by atoms with Gasteiger partial charge in [0.25, 0.3) is 0 Å². The Kier molecular flexibility index (Phi) is 8.18. The van der Waals surface area contributed by atoms with Gasteiger partial charge in [-0.1, -0.05) is 60.9 Å². The monoisotopic (exact) mass is 489 g/mol. The van der Waals surface area contributed by atoms with E-state index in [1.807, 2.05) is 37.3 Å². The fourth-order valence-corrected chi connectivity index (χ4v) is 5.30. The Morgan fingerprint density at radius 2 is 1.62 bits per heavy atom. The summed E-state index contributed by atoms with van der Waals surface area (Å²) < 4.78 is 37.8. The Hall–Kier alpha value is -2.26. The van der Waals surface area contributed by atoms with Crippen molar-refractivity contribution in [3.8, 4) is 0 Å². The quantitative estimate of drug-likeness (QED) is 0.392. The van der Waals surface area contributed by atoms with E-state index in [1.54, 1.807) is 12.1 Å². The van der Waals surface area contributed by atoms with E-state index in [0.717, 1.165) is 55.2 Å². The van der Waals surface area contributed by atoms with Crippen LogP contribution in [0.15, 0.2) is 59.5 Å². The maximum Gasteiger partial charge on any atom is 0.343 e. The van der Waals surface area contributed by atoms with E-state index in [0.29, 0.717) is 5.56 Å². The third-order valence-electron chi connectivity index (χ3n) is 6.81. The van der Waals surface area contributed by atoms with Crippen molar-refractivity contribution in [3.63, 3.8) is 0 Å². The first-order chi connectivity index (χ1) is 15.9. The number of carbonyl (C=O) groups excluding carboxylic acids is 1. The van der Waals surface area contributed by atoms with E-state index in [4.69, 9.17) is 4.74 Å². The van der Waals surface area contributed by atoms with Crippen LogP contribution in [0.4, 0.5) is 0 Å². The Morgan fingerprint density at radius 3 is 2.12 bits per heavy atom. The summed E-state index contributed by atoms with van der Waals surface area (Å²) in [6.07, 6.45) is 4.68. The van der Waals surface area contributed by atoms with Crippen LogP contribution in [0.5, 0.6) is 0 Å². The first-order valence-electron chi connectivity index (χ1n) is 11.8. The molecule has 34 heavy (non-hydrogen) atoms. The molecule has 1 N–H and O–H groups in total. The molecule has 1 aliphatic heterocycles. The first-order valence-corrected chi connectivity index (χ1v) is 13.2. The fourth-order valence-electron chi connectivity index (χ4n) is 4.83. The summed E-state index contributed by atoms with van der Waals surface area (Å²) in [6, 6.07) is 15.1. The van der Waals surface area contributed by atoms with Crippen LogP contribution in [0.25, 0.3) is 0 Å². The van der Waals surface area contributed by atoms with Crippen molar-refractivity contribution >= 4 is 16.1 Å². The van der Waals surface area contributed by atoms with Gasteiger partial charge in [-0.15, -0.1) is 0 Å². The molecule has 0 bridgehead atoms. The van der Waals surface area contributed by atoms with Gasteiger partial charge in [-0.25, -0.2) is 13.2 Å². The van der Waals surface area contributed by atoms with Crippen LogP contribution in [0.3, 0.4) is 0 Å². The van der Waals surface area contributed by atoms with Crippen LogP contribution in [0.2, 0.25) is 0 Å². The molecular formula is C26H35NO6S. The molecule has 2 aromatic rings. The number of hydrogen-bond acceptors (Lipinski definition) is 6. The lowest BCUT2D eigenvalue weighted by molar-refractivity contribution is -0.879. The molecule has 1 heterocycles. The van der Waals surface area contributed by atoms with E-state index in [2.05, 4.69) is 14.1 Å². The van der Waals surface area contributed by atoms with Gasteiger partial charge in [0.1, 0.15) is 16.7 Å². The topological polar surface area (TPSA) is 104 Å². The molecule has 4 rings (SSSR count). The van der Waals surface area contributed by atoms with Crippen molar-refractivity contribution in [1.29, 1.82) is 0 Å². The van der Waals surface area contributed by atoms with Gasteiger partial charge in [0.15, 0.2) is 11.7 Å². The summed E-state index contributed by atoms with van der Waals surface area (Å²) in [5.41, 5.74) is 0.0957. The van der Waals surface area contributed by atoms with Gasteiger partial charge in [-0.05, 0) is 37.5 Å². The van der Waals surface area contributed by atoms with Crippen LogP contribution >= 0.6 is 0 Å². The van der Waals surface area contributed by atoms with Crippen LogP contribution in [0.1, 0.15) is 43.2 Å². The average molecular weight is 490 g/mol. The molecular weight excluding hydrogens is 454 g/mol. The Labute approximate surface area is 202 Å². The number of rotatable bonds is 5. The number of quaternary nitrogens is 1. The summed E-state index contributed by atoms with van der Waals surface area (Å²) >= 11 is 0. The van der Waals surface area contributed by atoms with E-state index >= 15 is 0 Å². The number of hydrogen-bond donors (Lipinski definition) is 1. The van der Waals surface area contributed by atoms with Gasteiger partial charge in [-0.3, -0.25) is 0 Å². The summed E-state index contributed by atoms with van der Waals surface area (Å²) in [4.78, 5) is 12.8. The molecule has 0 spiro atoms. The molecule has 2 aliphatic rings. The van der Waals surface area contributed by atoms with Gasteiger partial charge in [-0.2, -0.15) is 0 Å². The lowest BCUT2D eigenvalue weighted by Gasteiger charge is -2.33. The van der Waals surface area contributed by atoms with Crippen molar-refractivity contribution < 1.29 is 32.1 Å². The second kappa shape index (κ2) is 10.6. The Balaban J connectivity index is 0.000000248. The summed E-state index contributed by atoms with van der Waals surface area (Å²) in [5.74, 6) is -0.496. The number of likely N-dealkylation sites (tertiary alicyclic amines) is 1. The molecule has 2 atom stereocenters. The van der Waals surface area contributed by atoms with Gasteiger partial charge in [0.05, 0.1) is 25.5 Å². The van der Waals surface area contributed by atoms with Gasteiger partial charge in [0, 0.05) is 12.3 Å². The Morgan fingerprint density at radius 1 is 1.03 bits per heavy atom. The maximum absolute atomic E-state index is 12.9. The number of aryl methyl sites for hydroxylation is 1. The van der Waals surface area contributed by atoms with E-state index < -0.39 is 21.7 Å². The zero-order valence-electron chi connectivity index (χ0n) is 20.1. The predicted octanol–water partition coefficient (Wildman–Crippen LogP) is 3.36. The van der Waals surface area contributed by atoms with Crippen molar-refractivity contribution in [3.05, 3.63) is 65.7 Å². The molecule has 2 fully saturated rings. The van der Waals surface area contributed by atoms with Crippen molar-refractivity contribution in [2.45, 2.75) is 55.6 Å². The highest BCUT2D eigenvalue weighted by molar-refractivity contribution is 7.85. The van der Waals surface area contributed by atoms with E-state index in [1.165, 1.54) is 12.1 Å². The molecule has 8 heteroatoms. The number of ether oxygens (including phenoxy) is 1. The predicted molar refractivity (Wildman–Crippen MR) is 128 cm³/mol. The third-order valence-corrected chi connectivity index (χ3v) is 7.66. The minimum atomic E-state index is -4.27. The van der Waals surface area contributed by atoms with E-state index in [-0.39, 0.29) is 16.9 Å². The molecule has 1 saturated carbocycles. The second-order valence-electron chi connectivity index (χ2n) is 10.0. The molecule has 1 unspecified atom stereocenters. The van der Waals surface area contributed by atoms with Gasteiger partial charge < -0.3 is 18.9 Å². The maximum atomic E-state index is 12.9. The largest absolute Gasteiger partial charge is 0.744 e. The first kappa shape index (κ1) is 26.3. The molecule has 7 nitrogen and oxygen atoms in total. The average Bonchev–Trinajstić information content (AvgIpc) is 3.44. The van der Waals surface area contributed by atoms with Crippen LogP contribution < -0.4 is 0 Å². The second-order valence-corrected chi connectivity index (χ2v) is 11.4. The zero-order chi connectivity index (χ0) is 25.0. The molecule has 1 saturated heterocycles. The number of likely N-dealkylation sites (N-methyl/N-ethyl adjacent to an activating group) is 1. The highest BCUT2D eigenvalue weighted by Gasteiger charge is 2.49. The van der Waals surface area contributed by atoms with E-state index in [9.17, 15) is 22.9 Å². The highest BCUT2D eigenvalue weighted by atomic mass is 32.2. The molecule has 0 aromatic heterocycles. The SMILES string of the molecule is C[N+]1(C)CCC(OC(=O)[C@@](O)(c2ccccc2)C2CCCC2)C1.Cc1ccc(S(=O)(=O)[O-])cc1. The summed E-state index contributed by atoms with van der Waals surface area (Å²) in [6.45, 7) is 3.65. The number of nitrogens with zero attached hydrogens (tertiary/aromatic N) is 1. The number of esters is 1. The summed E-state index contributed by atoms with van der Waals surface area (Å²) in [5, 5.41) is 11.4. The number of aliphatic hydroxyl groups is 1. The van der Waals surface area contributed by atoms with Crippen LogP contribution in [-0.4, -0.2) is 61.8 Å². The third kappa shape index (κ3) is 6.44. The zero-order valence-corrected chi connectivity index (χ0v) is 21.0. The van der Waals surface area contributed by atoms with Crippen molar-refractivity contribution in [2.75, 3.05) is 27.2 Å². The standard InChI is InChI=1S/C19H28NO3.C7H8O3S/c1-20(2)13-12-17(14-20)23-18(21)19(22,16-10-6-7-11-16)15-8-4-3-5-9-15;1-6-2-4-7(5-3-6)11(8,9)10/h3-5,8-9,16-17,22H,6-7,10-14H2,1-2H3;2-5H,1H3,(H,8,9,10)/q+1;/p-1/t17?,19-;/m1./s1. The number of benzene rings is 2. The Bertz CT molecular complexity index is 1060. The highest BCUT2D eigenvalue weighted by Crippen LogP contribution is 2.42. The minimum absolute atomic E-state index is 0.0405. The molecule has 0 radical (unpaired) electrons. The lowest BCUT2D eigenvalue weighted by Crippen LogP contribution is -2.46. The van der Waals surface area contributed by atoms with Crippen molar-refractivity contribution in [2.24, 2.45) is 5.92 Å². The fraction of sp³-hybridized carbons (Fsp3) is 0.500. The minimum Gasteiger partial charge on any atom is -0.744 e. The normalized spacial score (nSPS) is 21.9. The smallest absolute Gasteiger partial charge is 0.343 e. The molecule has 186 valence electrons. The molecule has 1 aliphatic carbocycles. The van der Waals surface area contributed by atoms with Crippen LogP contribution in [-0.2, 0) is 25.3 Å². The van der Waals surface area contributed by atoms with Crippen molar-refractivity contribution in [1.82, 2.24) is 0 Å². The summed E-state index contributed by atoms with van der Waals surface area (Å²) in [7, 11) is 0.0245. The van der Waals surface area contributed by atoms with Crippen LogP contribution in [0, 0.1) is 12.8 Å². The molecule has 0 amide bonds. The molecule has 2 aromatic carbocycles. The lowest BCUT2D eigenvalue weighted by atomic mass is 9.80. The van der Waals surface area contributed by atoms with Gasteiger partial charge >= 0.3 is 5.97 Å².